The first kappa shape index (κ1) is 16.8. The second kappa shape index (κ2) is 7.48. The molecule has 1 aliphatic rings. The third-order valence-electron chi connectivity index (χ3n) is 4.04. The van der Waals surface area contributed by atoms with Crippen LogP contribution in [0.5, 0.6) is 0 Å². The molecule has 1 saturated carbocycles. The van der Waals surface area contributed by atoms with Gasteiger partial charge in [0.05, 0.1) is 5.92 Å². The van der Waals surface area contributed by atoms with Crippen LogP contribution >= 0.6 is 0 Å². The lowest BCUT2D eigenvalue weighted by Gasteiger charge is -2.33. The molecule has 19 heavy (non-hydrogen) atoms. The fourth-order valence-electron chi connectivity index (χ4n) is 2.71. The topological polar surface area (TPSA) is 29.3 Å². The maximum Gasteiger partial charge on any atom is 0.394 e. The van der Waals surface area contributed by atoms with Gasteiger partial charge in [-0.25, -0.2) is 0 Å². The van der Waals surface area contributed by atoms with Crippen molar-refractivity contribution in [2.45, 2.75) is 58.2 Å². The van der Waals surface area contributed by atoms with E-state index >= 15 is 0 Å². The molecule has 1 aliphatic carbocycles. The van der Waals surface area contributed by atoms with Gasteiger partial charge in [0.2, 0.25) is 0 Å². The van der Waals surface area contributed by atoms with Gasteiger partial charge in [-0.05, 0) is 31.7 Å². The summed E-state index contributed by atoms with van der Waals surface area (Å²) in [4.78, 5) is 2.04. The minimum atomic E-state index is -4.18. The lowest BCUT2D eigenvalue weighted by Crippen LogP contribution is -2.45. The van der Waals surface area contributed by atoms with Crippen molar-refractivity contribution in [2.24, 2.45) is 17.6 Å². The smallest absolute Gasteiger partial charge is 0.330 e. The van der Waals surface area contributed by atoms with Crippen LogP contribution in [0, 0.1) is 11.8 Å². The van der Waals surface area contributed by atoms with E-state index in [1.807, 2.05) is 4.90 Å². The summed E-state index contributed by atoms with van der Waals surface area (Å²) in [5.41, 5.74) is 5.32. The van der Waals surface area contributed by atoms with Crippen molar-refractivity contribution in [3.8, 4) is 0 Å². The molecule has 1 unspecified atom stereocenters. The molecule has 0 aliphatic heterocycles. The maximum atomic E-state index is 12.9. The molecule has 0 amide bonds. The van der Waals surface area contributed by atoms with Crippen LogP contribution in [0.3, 0.4) is 0 Å². The Balaban J connectivity index is 2.61. The van der Waals surface area contributed by atoms with Crippen molar-refractivity contribution in [3.63, 3.8) is 0 Å². The van der Waals surface area contributed by atoms with Crippen molar-refractivity contribution in [1.82, 2.24) is 4.90 Å². The van der Waals surface area contributed by atoms with Crippen LogP contribution in [0.1, 0.15) is 46.0 Å². The predicted octanol–water partition coefficient (Wildman–Crippen LogP) is 3.41. The lowest BCUT2D eigenvalue weighted by atomic mass is 10.0. The highest BCUT2D eigenvalue weighted by atomic mass is 19.4. The molecular formula is C14H27F3N2. The molecule has 2 N–H and O–H groups in total. The normalized spacial score (nSPS) is 19.6. The van der Waals surface area contributed by atoms with Gasteiger partial charge in [-0.15, -0.1) is 0 Å². The van der Waals surface area contributed by atoms with Gasteiger partial charge in [0.25, 0.3) is 0 Å². The number of hydrogen-bond donors (Lipinski definition) is 1. The van der Waals surface area contributed by atoms with E-state index in [0.717, 1.165) is 38.6 Å². The third kappa shape index (κ3) is 5.69. The largest absolute Gasteiger partial charge is 0.394 e. The number of nitrogens with two attached hydrogens (primary N) is 1. The fraction of sp³-hybridized carbons (Fsp3) is 1.00. The summed E-state index contributed by atoms with van der Waals surface area (Å²) in [6, 6.07) is 0.329. The molecule has 2 nitrogen and oxygen atoms in total. The highest BCUT2D eigenvalue weighted by Gasteiger charge is 2.40. The van der Waals surface area contributed by atoms with Crippen LogP contribution in [0.2, 0.25) is 0 Å². The molecule has 1 atom stereocenters. The molecule has 0 heterocycles. The Labute approximate surface area is 114 Å². The SMILES string of the molecule is CC(C)CCN(CC(CN)C(F)(F)F)C1CCCC1. The van der Waals surface area contributed by atoms with E-state index in [2.05, 4.69) is 13.8 Å². The molecule has 0 saturated heterocycles. The number of rotatable bonds is 7. The second-order valence-electron chi connectivity index (χ2n) is 6.09. The summed E-state index contributed by atoms with van der Waals surface area (Å²) in [6.07, 6.45) is 1.12. The number of hydrogen-bond acceptors (Lipinski definition) is 2. The number of alkyl halides is 3. The lowest BCUT2D eigenvalue weighted by molar-refractivity contribution is -0.177. The second-order valence-corrected chi connectivity index (χ2v) is 6.09. The van der Waals surface area contributed by atoms with E-state index in [1.165, 1.54) is 0 Å². The molecular weight excluding hydrogens is 253 g/mol. The Morgan fingerprint density at radius 3 is 2.21 bits per heavy atom. The van der Waals surface area contributed by atoms with Crippen LogP contribution < -0.4 is 5.73 Å². The first-order chi connectivity index (χ1) is 8.84. The first-order valence-electron chi connectivity index (χ1n) is 7.35. The molecule has 5 heteroatoms. The van der Waals surface area contributed by atoms with Gasteiger partial charge in [0.1, 0.15) is 0 Å². The molecule has 1 fully saturated rings. The Kier molecular flexibility index (Phi) is 6.60. The van der Waals surface area contributed by atoms with Gasteiger partial charge >= 0.3 is 6.18 Å². The van der Waals surface area contributed by atoms with E-state index < -0.39 is 12.1 Å². The van der Waals surface area contributed by atoms with Gasteiger partial charge in [0, 0.05) is 19.1 Å². The Hall–Kier alpha value is -0.290. The molecule has 0 aromatic carbocycles. The zero-order valence-corrected chi connectivity index (χ0v) is 12.0. The third-order valence-corrected chi connectivity index (χ3v) is 4.04. The summed E-state index contributed by atoms with van der Waals surface area (Å²) in [5.74, 6) is -0.869. The van der Waals surface area contributed by atoms with Crippen molar-refractivity contribution in [1.29, 1.82) is 0 Å². The van der Waals surface area contributed by atoms with Gasteiger partial charge in [-0.2, -0.15) is 13.2 Å². The first-order valence-corrected chi connectivity index (χ1v) is 7.35. The fourth-order valence-corrected chi connectivity index (χ4v) is 2.71. The number of nitrogens with zero attached hydrogens (tertiary/aromatic N) is 1. The summed E-state index contributed by atoms with van der Waals surface area (Å²) >= 11 is 0. The van der Waals surface area contributed by atoms with Gasteiger partial charge in [-0.1, -0.05) is 26.7 Å². The zero-order chi connectivity index (χ0) is 14.5. The Morgan fingerprint density at radius 1 is 1.21 bits per heavy atom. The minimum absolute atomic E-state index is 0.0669. The van der Waals surface area contributed by atoms with Crippen LogP contribution in [-0.2, 0) is 0 Å². The molecule has 0 radical (unpaired) electrons. The molecule has 0 bridgehead atoms. The molecule has 0 spiro atoms. The zero-order valence-electron chi connectivity index (χ0n) is 12.0. The Morgan fingerprint density at radius 2 is 1.79 bits per heavy atom. The monoisotopic (exact) mass is 280 g/mol. The van der Waals surface area contributed by atoms with Crippen LogP contribution in [0.15, 0.2) is 0 Å². The standard InChI is InChI=1S/C14H27F3N2/c1-11(2)7-8-19(13-5-3-4-6-13)10-12(9-18)14(15,16)17/h11-13H,3-10,18H2,1-2H3. The van der Waals surface area contributed by atoms with Gasteiger partial charge in [0.15, 0.2) is 0 Å². The summed E-state index contributed by atoms with van der Waals surface area (Å²) < 4.78 is 38.6. The van der Waals surface area contributed by atoms with E-state index in [0.29, 0.717) is 12.0 Å². The molecule has 0 aromatic heterocycles. The van der Waals surface area contributed by atoms with Crippen molar-refractivity contribution in [3.05, 3.63) is 0 Å². The Bertz CT molecular complexity index is 248. The van der Waals surface area contributed by atoms with Crippen molar-refractivity contribution < 1.29 is 13.2 Å². The average Bonchev–Trinajstić information content (AvgIpc) is 2.80. The van der Waals surface area contributed by atoms with Crippen LogP contribution in [-0.4, -0.2) is 36.8 Å². The maximum absolute atomic E-state index is 12.9. The minimum Gasteiger partial charge on any atom is -0.330 e. The number of halogens is 3. The summed E-state index contributed by atoms with van der Waals surface area (Å²) in [6.45, 7) is 4.73. The van der Waals surface area contributed by atoms with Gasteiger partial charge < -0.3 is 5.73 Å². The van der Waals surface area contributed by atoms with E-state index in [1.54, 1.807) is 0 Å². The van der Waals surface area contributed by atoms with Gasteiger partial charge in [-0.3, -0.25) is 4.90 Å². The van der Waals surface area contributed by atoms with Crippen LogP contribution in [0.4, 0.5) is 13.2 Å². The van der Waals surface area contributed by atoms with Crippen molar-refractivity contribution >= 4 is 0 Å². The molecule has 1 rings (SSSR count). The highest BCUT2D eigenvalue weighted by Crippen LogP contribution is 2.30. The predicted molar refractivity (Wildman–Crippen MR) is 71.9 cm³/mol. The van der Waals surface area contributed by atoms with Crippen molar-refractivity contribution in [2.75, 3.05) is 19.6 Å². The summed E-state index contributed by atoms with van der Waals surface area (Å²) in [5, 5.41) is 0. The average molecular weight is 280 g/mol. The highest BCUT2D eigenvalue weighted by molar-refractivity contribution is 4.82. The van der Waals surface area contributed by atoms with E-state index in [9.17, 15) is 13.2 Å². The van der Waals surface area contributed by atoms with E-state index in [-0.39, 0.29) is 13.1 Å². The van der Waals surface area contributed by atoms with Crippen LogP contribution in [0.25, 0.3) is 0 Å². The van der Waals surface area contributed by atoms with E-state index in [4.69, 9.17) is 5.73 Å². The quantitative estimate of drug-likeness (QED) is 0.774. The molecule has 0 aromatic rings. The summed E-state index contributed by atoms with van der Waals surface area (Å²) in [7, 11) is 0. The molecule has 114 valence electrons.